The summed E-state index contributed by atoms with van der Waals surface area (Å²) in [5.74, 6) is -2.73. The normalized spacial score (nSPS) is 11.3. The largest absolute Gasteiger partial charge is 0.463 e. The van der Waals surface area contributed by atoms with Crippen LogP contribution in [0.4, 0.5) is 0 Å². The summed E-state index contributed by atoms with van der Waals surface area (Å²) in [4.78, 5) is 79.8. The Balaban J connectivity index is 4.76. The molecule has 24 nitrogen and oxygen atoms in total. The Morgan fingerprint density at radius 1 is 0.491 bits per heavy atom. The van der Waals surface area contributed by atoms with Crippen molar-refractivity contribution in [2.24, 2.45) is 20.8 Å². The van der Waals surface area contributed by atoms with Gasteiger partial charge in [-0.3, -0.25) is 28.8 Å². The van der Waals surface area contributed by atoms with Crippen molar-refractivity contribution in [1.82, 2.24) is 16.0 Å². The highest BCUT2D eigenvalue weighted by molar-refractivity contribution is 5.82. The fourth-order valence-electron chi connectivity index (χ4n) is 4.34. The number of nitrogens with zero attached hydrogens (tertiary/aromatic N) is 9. The van der Waals surface area contributed by atoms with E-state index < -0.39 is 23.3 Å². The molecule has 0 unspecified atom stereocenters. The van der Waals surface area contributed by atoms with E-state index in [1.165, 1.54) is 0 Å². The molecule has 0 aliphatic rings. The zero-order valence-corrected chi connectivity index (χ0v) is 32.6. The third-order valence-electron chi connectivity index (χ3n) is 7.58. The lowest BCUT2D eigenvalue weighted by Gasteiger charge is -2.32. The van der Waals surface area contributed by atoms with Gasteiger partial charge < -0.3 is 44.4 Å². The molecule has 57 heavy (non-hydrogen) atoms. The second kappa shape index (κ2) is 36.3. The van der Waals surface area contributed by atoms with E-state index in [1.807, 2.05) is 6.92 Å². The molecule has 0 aromatic heterocycles. The van der Waals surface area contributed by atoms with Gasteiger partial charge in [0.25, 0.3) is 0 Å². The quantitative estimate of drug-likeness (QED) is 0.0204. The molecule has 0 aromatic carbocycles. The number of carbonyl (C=O) groups is 6. The van der Waals surface area contributed by atoms with Gasteiger partial charge in [0.2, 0.25) is 17.7 Å². The number of esters is 3. The molecule has 24 heteroatoms. The Labute approximate surface area is 330 Å². The molecule has 0 spiro atoms. The van der Waals surface area contributed by atoms with E-state index in [1.54, 1.807) is 0 Å². The summed E-state index contributed by atoms with van der Waals surface area (Å²) in [5.41, 5.74) is 24.1. The van der Waals surface area contributed by atoms with E-state index >= 15 is 0 Å². The molecule has 0 aliphatic heterocycles. The predicted octanol–water partition coefficient (Wildman–Crippen LogP) is 2.85. The second-order valence-corrected chi connectivity index (χ2v) is 12.1. The highest BCUT2D eigenvalue weighted by Gasteiger charge is 2.30. The molecular weight excluding hydrogens is 756 g/mol. The highest BCUT2D eigenvalue weighted by Crippen LogP contribution is 2.24. The number of azide groups is 3. The van der Waals surface area contributed by atoms with Crippen molar-refractivity contribution < 1.29 is 57.2 Å². The third kappa shape index (κ3) is 32.6. The number of nitrogens with one attached hydrogen (secondary N) is 3. The molecule has 0 radical (unpaired) electrons. The van der Waals surface area contributed by atoms with Crippen LogP contribution in [-0.2, 0) is 57.2 Å². The van der Waals surface area contributed by atoms with E-state index in [4.69, 9.17) is 45.0 Å². The summed E-state index contributed by atoms with van der Waals surface area (Å²) in [6.07, 6.45) is 1.38. The average Bonchev–Trinajstić information content (AvgIpc) is 3.20. The van der Waals surface area contributed by atoms with Crippen LogP contribution < -0.4 is 16.0 Å². The van der Waals surface area contributed by atoms with E-state index in [9.17, 15) is 28.8 Å². The molecule has 0 aliphatic carbocycles. The molecule has 0 saturated carbocycles. The Bertz CT molecular complexity index is 1200. The first-order valence-electron chi connectivity index (χ1n) is 18.6. The maximum Gasteiger partial charge on any atom is 0.306 e. The molecule has 0 rings (SSSR count). The first kappa shape index (κ1) is 51.6. The Hall–Kier alpha value is -5.37. The lowest BCUT2D eigenvalue weighted by atomic mass is 9.88. The number of hydrogen-bond donors (Lipinski definition) is 3. The van der Waals surface area contributed by atoms with Crippen LogP contribution in [0.25, 0.3) is 31.3 Å². The highest BCUT2D eigenvalue weighted by atomic mass is 16.6. The molecule has 3 N–H and O–H groups in total. The smallest absolute Gasteiger partial charge is 0.306 e. The topological polar surface area (TPSA) is 340 Å². The number of carbonyl (C=O) groups excluding carboxylic acids is 6. The van der Waals surface area contributed by atoms with Crippen LogP contribution >= 0.6 is 0 Å². The van der Waals surface area contributed by atoms with Crippen LogP contribution in [0.15, 0.2) is 15.3 Å². The molecule has 3 amide bonds. The van der Waals surface area contributed by atoms with Gasteiger partial charge in [0.1, 0.15) is 19.8 Å². The van der Waals surface area contributed by atoms with Crippen LogP contribution in [-0.4, -0.2) is 134 Å². The molecule has 0 bridgehead atoms. The van der Waals surface area contributed by atoms with Crippen LogP contribution in [0, 0.1) is 5.41 Å². The van der Waals surface area contributed by atoms with E-state index in [-0.39, 0.29) is 135 Å². The monoisotopic (exact) mass is 812 g/mol. The third-order valence-corrected chi connectivity index (χ3v) is 7.58. The summed E-state index contributed by atoms with van der Waals surface area (Å²) in [5, 5.41) is 18.0. The fourth-order valence-corrected chi connectivity index (χ4v) is 4.34. The summed E-state index contributed by atoms with van der Waals surface area (Å²) in [6.45, 7) is 3.87. The van der Waals surface area contributed by atoms with Crippen LogP contribution in [0.5, 0.6) is 0 Å². The van der Waals surface area contributed by atoms with Crippen molar-refractivity contribution in [1.29, 1.82) is 0 Å². The predicted molar refractivity (Wildman–Crippen MR) is 201 cm³/mol. The molecule has 0 atom stereocenters. The number of hydrogen-bond acceptors (Lipinski definition) is 15. The minimum Gasteiger partial charge on any atom is -0.463 e. The molecule has 0 saturated heterocycles. The van der Waals surface area contributed by atoms with Gasteiger partial charge in [-0.1, -0.05) is 22.3 Å². The molecule has 0 fully saturated rings. The van der Waals surface area contributed by atoms with Crippen molar-refractivity contribution in [3.05, 3.63) is 31.3 Å². The first-order chi connectivity index (χ1) is 27.6. The van der Waals surface area contributed by atoms with Gasteiger partial charge in [-0.05, 0) is 42.3 Å². The SMILES string of the molecule is CCC(COCCOC(=O)CCC(=O)NCCCN=[N+]=[N-])(COCCOC(=O)CCC(=O)NCCCN=[N+]=[N-])COCCOC(=O)CCC(=O)NCCCN=[N+]=[N-]. The number of ether oxygens (including phenoxy) is 6. The van der Waals surface area contributed by atoms with Crippen LogP contribution in [0.3, 0.4) is 0 Å². The lowest BCUT2D eigenvalue weighted by Crippen LogP contribution is -2.38. The molecular formula is C33H56N12O12. The van der Waals surface area contributed by atoms with Crippen molar-refractivity contribution in [2.75, 3.05) is 98.7 Å². The molecule has 0 heterocycles. The maximum atomic E-state index is 12.1. The average molecular weight is 813 g/mol. The van der Waals surface area contributed by atoms with E-state index in [0.717, 1.165) is 0 Å². The van der Waals surface area contributed by atoms with Gasteiger partial charge in [-0.15, -0.1) is 0 Å². The standard InChI is InChI=1S/C33H56N12O12/c1-2-33(24-52-18-21-55-30(49)9-6-27(46)37-12-3-15-40-43-34,25-53-19-22-56-31(50)10-7-28(47)38-13-4-16-41-44-35)26-54-20-23-57-32(51)11-8-29(48)39-14-5-17-42-45-36/h2-26H2,1H3,(H,37,46)(H,38,47)(H,39,48). The lowest BCUT2D eigenvalue weighted by molar-refractivity contribution is -0.149. The maximum absolute atomic E-state index is 12.1. The summed E-state index contributed by atoms with van der Waals surface area (Å²) < 4.78 is 32.9. The van der Waals surface area contributed by atoms with Gasteiger partial charge in [0.05, 0.1) is 58.9 Å². The van der Waals surface area contributed by atoms with Gasteiger partial charge in [0, 0.05) is 78.7 Å². The Morgan fingerprint density at radius 3 is 1.05 bits per heavy atom. The van der Waals surface area contributed by atoms with Gasteiger partial charge >= 0.3 is 17.9 Å². The van der Waals surface area contributed by atoms with Crippen molar-refractivity contribution in [3.8, 4) is 0 Å². The van der Waals surface area contributed by atoms with Crippen LogP contribution in [0.2, 0.25) is 0 Å². The van der Waals surface area contributed by atoms with Gasteiger partial charge in [-0.25, -0.2) is 0 Å². The number of amides is 3. The van der Waals surface area contributed by atoms with Crippen molar-refractivity contribution in [3.63, 3.8) is 0 Å². The van der Waals surface area contributed by atoms with E-state index in [2.05, 4.69) is 46.0 Å². The van der Waals surface area contributed by atoms with Gasteiger partial charge in [-0.2, -0.15) is 0 Å². The zero-order valence-electron chi connectivity index (χ0n) is 32.6. The van der Waals surface area contributed by atoms with E-state index in [0.29, 0.717) is 45.3 Å². The van der Waals surface area contributed by atoms with Crippen molar-refractivity contribution >= 4 is 35.6 Å². The van der Waals surface area contributed by atoms with Crippen molar-refractivity contribution in [2.45, 2.75) is 71.1 Å². The first-order valence-corrected chi connectivity index (χ1v) is 18.6. The van der Waals surface area contributed by atoms with Gasteiger partial charge in [0.15, 0.2) is 0 Å². The minimum absolute atomic E-state index is 0.0388. The molecule has 0 aromatic rings. The Morgan fingerprint density at radius 2 is 0.789 bits per heavy atom. The summed E-state index contributed by atoms with van der Waals surface area (Å²) >= 11 is 0. The molecule has 320 valence electrons. The fraction of sp³-hybridized carbons (Fsp3) is 0.818. The zero-order chi connectivity index (χ0) is 42.2. The second-order valence-electron chi connectivity index (χ2n) is 12.1. The summed E-state index contributed by atoms with van der Waals surface area (Å²) in [6, 6.07) is 0. The minimum atomic E-state index is -0.706. The summed E-state index contributed by atoms with van der Waals surface area (Å²) in [7, 11) is 0. The Kier molecular flexibility index (Phi) is 32.9. The van der Waals surface area contributed by atoms with Crippen LogP contribution in [0.1, 0.15) is 71.1 Å². The number of rotatable bonds is 37.